The molecule has 0 aliphatic heterocycles. The van der Waals surface area contributed by atoms with Gasteiger partial charge in [-0.15, -0.1) is 0 Å². The Labute approximate surface area is 168 Å². The van der Waals surface area contributed by atoms with Crippen LogP contribution in [0.25, 0.3) is 0 Å². The zero-order chi connectivity index (χ0) is 19.4. The normalized spacial score (nSPS) is 11.5. The second kappa shape index (κ2) is 8.30. The molecule has 2 aromatic carbocycles. The zero-order valence-electron chi connectivity index (χ0n) is 13.8. The van der Waals surface area contributed by atoms with Crippen molar-refractivity contribution < 1.29 is 9.18 Å². The second-order valence-corrected chi connectivity index (χ2v) is 7.02. The molecular formula is C20H12BrClFN3O. The fraction of sp³-hybridized carbons (Fsp3) is 0.0500. The lowest BCUT2D eigenvalue weighted by molar-refractivity contribution is 0.0942. The number of halogens is 3. The summed E-state index contributed by atoms with van der Waals surface area (Å²) in [6, 6.07) is 15.5. The molecule has 0 radical (unpaired) electrons. The highest BCUT2D eigenvalue weighted by Crippen LogP contribution is 2.24. The summed E-state index contributed by atoms with van der Waals surface area (Å²) in [5.41, 5.74) is 1.39. The van der Waals surface area contributed by atoms with Gasteiger partial charge in [0, 0.05) is 21.3 Å². The van der Waals surface area contributed by atoms with E-state index in [9.17, 15) is 9.18 Å². The largest absolute Gasteiger partial charge is 0.340 e. The summed E-state index contributed by atoms with van der Waals surface area (Å²) in [4.78, 5) is 17.0. The average Bonchev–Trinajstić information content (AvgIpc) is 2.67. The molecule has 0 aliphatic rings. The highest BCUT2D eigenvalue weighted by Gasteiger charge is 2.20. The van der Waals surface area contributed by atoms with Crippen molar-refractivity contribution in [2.45, 2.75) is 6.04 Å². The van der Waals surface area contributed by atoms with Crippen molar-refractivity contribution in [3.63, 3.8) is 0 Å². The number of benzene rings is 2. The number of nitrogens with zero attached hydrogens (tertiary/aromatic N) is 2. The maximum Gasteiger partial charge on any atom is 0.252 e. The van der Waals surface area contributed by atoms with Crippen LogP contribution in [0.15, 0.2) is 65.3 Å². The van der Waals surface area contributed by atoms with E-state index in [2.05, 4.69) is 26.2 Å². The molecule has 0 aliphatic carbocycles. The molecule has 7 heteroatoms. The molecule has 1 amide bonds. The van der Waals surface area contributed by atoms with Crippen molar-refractivity contribution in [1.29, 1.82) is 5.26 Å². The standard InChI is InChI=1S/C20H12BrClFN3O/c21-15-5-8-18(25-11-15)19(12-3-6-16(22)7-4-12)26-20(27)13-1-2-14(10-24)17(23)9-13/h1-9,11,19H,(H,26,27)/t19-/m1/s1. The first kappa shape index (κ1) is 19.0. The van der Waals surface area contributed by atoms with Gasteiger partial charge in [-0.25, -0.2) is 4.39 Å². The number of aromatic nitrogens is 1. The van der Waals surface area contributed by atoms with E-state index in [0.29, 0.717) is 10.7 Å². The fourth-order valence-electron chi connectivity index (χ4n) is 2.50. The van der Waals surface area contributed by atoms with Crippen LogP contribution >= 0.6 is 27.5 Å². The third-order valence-electron chi connectivity index (χ3n) is 3.88. The third-order valence-corrected chi connectivity index (χ3v) is 4.60. The van der Waals surface area contributed by atoms with E-state index in [1.54, 1.807) is 42.6 Å². The van der Waals surface area contributed by atoms with Crippen molar-refractivity contribution in [1.82, 2.24) is 10.3 Å². The van der Waals surface area contributed by atoms with E-state index in [-0.39, 0.29) is 11.1 Å². The number of amides is 1. The summed E-state index contributed by atoms with van der Waals surface area (Å²) in [5, 5.41) is 12.3. The minimum atomic E-state index is -0.741. The molecule has 0 spiro atoms. The average molecular weight is 445 g/mol. The van der Waals surface area contributed by atoms with Gasteiger partial charge in [-0.2, -0.15) is 5.26 Å². The number of pyridine rings is 1. The first-order valence-corrected chi connectivity index (χ1v) is 9.02. The van der Waals surface area contributed by atoms with Crippen molar-refractivity contribution >= 4 is 33.4 Å². The Balaban J connectivity index is 1.94. The number of rotatable bonds is 4. The maximum absolute atomic E-state index is 13.8. The molecule has 0 fully saturated rings. The Kier molecular flexibility index (Phi) is 5.84. The molecule has 0 bridgehead atoms. The van der Waals surface area contributed by atoms with Gasteiger partial charge in [-0.1, -0.05) is 23.7 Å². The summed E-state index contributed by atoms with van der Waals surface area (Å²) < 4.78 is 14.7. The molecule has 1 atom stereocenters. The van der Waals surface area contributed by atoms with Crippen LogP contribution in [0.3, 0.4) is 0 Å². The minimum absolute atomic E-state index is 0.113. The molecule has 1 heterocycles. The number of nitriles is 1. The lowest BCUT2D eigenvalue weighted by Gasteiger charge is -2.19. The van der Waals surface area contributed by atoms with Gasteiger partial charge in [-0.05, 0) is 64.0 Å². The fourth-order valence-corrected chi connectivity index (χ4v) is 2.86. The predicted octanol–water partition coefficient (Wildman–Crippen LogP) is 5.03. The number of hydrogen-bond acceptors (Lipinski definition) is 3. The van der Waals surface area contributed by atoms with Gasteiger partial charge in [0.2, 0.25) is 0 Å². The summed E-state index contributed by atoms with van der Waals surface area (Å²) in [7, 11) is 0. The Hall–Kier alpha value is -2.75. The van der Waals surface area contributed by atoms with E-state index >= 15 is 0 Å². The highest BCUT2D eigenvalue weighted by atomic mass is 79.9. The summed E-state index contributed by atoms with van der Waals surface area (Å²) in [6.07, 6.45) is 1.63. The van der Waals surface area contributed by atoms with Crippen LogP contribution in [0.5, 0.6) is 0 Å². The van der Waals surface area contributed by atoms with E-state index in [0.717, 1.165) is 16.1 Å². The van der Waals surface area contributed by atoms with Gasteiger partial charge in [0.15, 0.2) is 0 Å². The molecule has 3 rings (SSSR count). The zero-order valence-corrected chi connectivity index (χ0v) is 16.1. The SMILES string of the molecule is N#Cc1ccc(C(=O)N[C@H](c2ccc(Cl)cc2)c2ccc(Br)cn2)cc1F. The Morgan fingerprint density at radius 2 is 1.93 bits per heavy atom. The molecule has 27 heavy (non-hydrogen) atoms. The molecular weight excluding hydrogens is 433 g/mol. The topological polar surface area (TPSA) is 65.8 Å². The maximum atomic E-state index is 13.8. The first-order chi connectivity index (χ1) is 13.0. The first-order valence-electron chi connectivity index (χ1n) is 7.85. The van der Waals surface area contributed by atoms with E-state index in [1.807, 2.05) is 6.07 Å². The van der Waals surface area contributed by atoms with Crippen molar-refractivity contribution in [3.05, 3.63) is 98.5 Å². The van der Waals surface area contributed by atoms with Crippen LogP contribution in [-0.4, -0.2) is 10.9 Å². The molecule has 0 saturated carbocycles. The van der Waals surface area contributed by atoms with Gasteiger partial charge in [0.25, 0.3) is 5.91 Å². The lowest BCUT2D eigenvalue weighted by atomic mass is 10.0. The van der Waals surface area contributed by atoms with Crippen LogP contribution < -0.4 is 5.32 Å². The van der Waals surface area contributed by atoms with Crippen LogP contribution in [0.4, 0.5) is 4.39 Å². The highest BCUT2D eigenvalue weighted by molar-refractivity contribution is 9.10. The number of nitrogens with one attached hydrogen (secondary N) is 1. The number of hydrogen-bond donors (Lipinski definition) is 1. The molecule has 1 N–H and O–H groups in total. The van der Waals surface area contributed by atoms with Crippen LogP contribution in [0, 0.1) is 17.1 Å². The molecule has 4 nitrogen and oxygen atoms in total. The molecule has 3 aromatic rings. The van der Waals surface area contributed by atoms with Crippen molar-refractivity contribution in [2.24, 2.45) is 0 Å². The van der Waals surface area contributed by atoms with Gasteiger partial charge >= 0.3 is 0 Å². The number of carbonyl (C=O) groups excluding carboxylic acids is 1. The van der Waals surface area contributed by atoms with Gasteiger partial charge in [0.1, 0.15) is 11.9 Å². The summed E-state index contributed by atoms with van der Waals surface area (Å²) in [6.45, 7) is 0. The van der Waals surface area contributed by atoms with Gasteiger partial charge in [-0.3, -0.25) is 9.78 Å². The van der Waals surface area contributed by atoms with Gasteiger partial charge in [0.05, 0.1) is 17.3 Å². The summed E-state index contributed by atoms with van der Waals surface area (Å²) >= 11 is 9.29. The Bertz CT molecular complexity index is 971. The Morgan fingerprint density at radius 3 is 2.52 bits per heavy atom. The van der Waals surface area contributed by atoms with E-state index in [1.165, 1.54) is 12.1 Å². The molecule has 0 unspecified atom stereocenters. The van der Waals surface area contributed by atoms with Crippen LogP contribution in [0.1, 0.15) is 33.2 Å². The predicted molar refractivity (Wildman–Crippen MR) is 104 cm³/mol. The van der Waals surface area contributed by atoms with Crippen molar-refractivity contribution in [2.75, 3.05) is 0 Å². The van der Waals surface area contributed by atoms with Crippen LogP contribution in [0.2, 0.25) is 5.02 Å². The minimum Gasteiger partial charge on any atom is -0.340 e. The summed E-state index contributed by atoms with van der Waals surface area (Å²) in [5.74, 6) is -1.22. The monoisotopic (exact) mass is 443 g/mol. The third kappa shape index (κ3) is 4.51. The second-order valence-electron chi connectivity index (χ2n) is 5.67. The molecule has 0 saturated heterocycles. The van der Waals surface area contributed by atoms with Crippen LogP contribution in [-0.2, 0) is 0 Å². The van der Waals surface area contributed by atoms with Gasteiger partial charge < -0.3 is 5.32 Å². The smallest absolute Gasteiger partial charge is 0.252 e. The van der Waals surface area contributed by atoms with E-state index < -0.39 is 17.8 Å². The molecule has 1 aromatic heterocycles. The van der Waals surface area contributed by atoms with Crippen molar-refractivity contribution in [3.8, 4) is 6.07 Å². The number of carbonyl (C=O) groups is 1. The lowest BCUT2D eigenvalue weighted by Crippen LogP contribution is -2.30. The Morgan fingerprint density at radius 1 is 1.19 bits per heavy atom. The van der Waals surface area contributed by atoms with E-state index in [4.69, 9.17) is 16.9 Å². The molecule has 134 valence electrons. The quantitative estimate of drug-likeness (QED) is 0.614.